The van der Waals surface area contributed by atoms with E-state index < -0.39 is 0 Å². The van der Waals surface area contributed by atoms with Crippen LogP contribution in [0.5, 0.6) is 0 Å². The molecule has 0 unspecified atom stereocenters. The lowest BCUT2D eigenvalue weighted by atomic mass is 9.53. The van der Waals surface area contributed by atoms with Crippen molar-refractivity contribution in [2.45, 2.75) is 108 Å². The summed E-state index contributed by atoms with van der Waals surface area (Å²) in [5.41, 5.74) is 1.43. The van der Waals surface area contributed by atoms with Crippen LogP contribution in [0.2, 0.25) is 0 Å². The monoisotopic (exact) mass is 675 g/mol. The molecular formula is C43H57N5O2. The van der Waals surface area contributed by atoms with Crippen LogP contribution in [0.4, 0.5) is 9.59 Å². The number of hydrogen-bond acceptors (Lipinski definition) is 3. The molecule has 7 heteroatoms. The summed E-state index contributed by atoms with van der Waals surface area (Å²) in [4.78, 5) is 28.9. The molecule has 4 amide bonds. The Balaban J connectivity index is 0.825. The Bertz CT molecular complexity index is 1540. The fourth-order valence-corrected chi connectivity index (χ4v) is 12.9. The van der Waals surface area contributed by atoms with Crippen LogP contribution in [-0.4, -0.2) is 54.2 Å². The first kappa shape index (κ1) is 32.6. The molecule has 4 N–H and O–H groups in total. The average Bonchev–Trinajstić information content (AvgIpc) is 3.06. The van der Waals surface area contributed by atoms with E-state index in [9.17, 15) is 9.59 Å². The van der Waals surface area contributed by atoms with Gasteiger partial charge in [-0.3, -0.25) is 4.90 Å². The highest BCUT2D eigenvalue weighted by Crippen LogP contribution is 2.56. The Morgan fingerprint density at radius 1 is 0.580 bits per heavy atom. The van der Waals surface area contributed by atoms with Gasteiger partial charge in [-0.2, -0.15) is 0 Å². The molecule has 0 heterocycles. The minimum atomic E-state index is 0.0211. The minimum absolute atomic E-state index is 0.0211. The van der Waals surface area contributed by atoms with E-state index in [1.54, 1.807) is 0 Å². The van der Waals surface area contributed by atoms with Crippen LogP contribution in [0.25, 0.3) is 21.5 Å². The van der Waals surface area contributed by atoms with Gasteiger partial charge in [-0.25, -0.2) is 9.59 Å². The zero-order valence-corrected chi connectivity index (χ0v) is 29.9. The van der Waals surface area contributed by atoms with E-state index in [0.717, 1.165) is 68.0 Å². The molecule has 8 aliphatic rings. The van der Waals surface area contributed by atoms with Crippen LogP contribution in [0.1, 0.15) is 95.5 Å². The fourth-order valence-electron chi connectivity index (χ4n) is 12.9. The van der Waals surface area contributed by atoms with Gasteiger partial charge in [0.25, 0.3) is 0 Å². The minimum Gasteiger partial charge on any atom is -0.338 e. The lowest BCUT2D eigenvalue weighted by molar-refractivity contribution is -0.0138. The molecule has 0 aliphatic heterocycles. The third-order valence-corrected chi connectivity index (χ3v) is 14.0. The normalized spacial score (nSPS) is 33.3. The van der Waals surface area contributed by atoms with E-state index in [0.29, 0.717) is 13.1 Å². The molecule has 8 bridgehead atoms. The fraction of sp³-hybridized carbons (Fsp3) is 0.628. The van der Waals surface area contributed by atoms with E-state index in [4.69, 9.17) is 0 Å². The number of carbonyl (C=O) groups is 2. The van der Waals surface area contributed by atoms with E-state index >= 15 is 0 Å². The molecule has 266 valence electrons. The van der Waals surface area contributed by atoms with Gasteiger partial charge in [-0.1, -0.05) is 48.5 Å². The predicted molar refractivity (Wildman–Crippen MR) is 201 cm³/mol. The van der Waals surface area contributed by atoms with Gasteiger partial charge in [0.15, 0.2) is 0 Å². The molecule has 8 saturated carbocycles. The highest BCUT2D eigenvalue weighted by atomic mass is 16.2. The Labute approximate surface area is 298 Å². The molecule has 8 aliphatic carbocycles. The van der Waals surface area contributed by atoms with Gasteiger partial charge in [0.05, 0.1) is 0 Å². The first-order chi connectivity index (χ1) is 24.4. The highest BCUT2D eigenvalue weighted by Gasteiger charge is 2.52. The summed E-state index contributed by atoms with van der Waals surface area (Å²) >= 11 is 0. The first-order valence-corrected chi connectivity index (χ1v) is 20.1. The van der Waals surface area contributed by atoms with Gasteiger partial charge >= 0.3 is 12.1 Å². The second kappa shape index (κ2) is 13.3. The van der Waals surface area contributed by atoms with E-state index in [2.05, 4.69) is 80.8 Å². The standard InChI is InChI=1S/C43H57N5O2/c49-40(46-42-22-29-15-30(23-42)17-31(16-29)24-42)44-11-5-13-48(28-39-37-9-3-1-7-35(37)21-36-8-2-4-10-38(36)39)14-6-12-45-41(50)47-43-25-32-18-33(26-43)20-34(19-32)27-43/h1-4,7-10,21,29-34H,5-6,11-20,22-28H2,(H2,44,46,49)(H2,45,47,50). The summed E-state index contributed by atoms with van der Waals surface area (Å²) in [5.74, 6) is 4.91. The maximum absolute atomic E-state index is 13.2. The topological polar surface area (TPSA) is 85.5 Å². The first-order valence-electron chi connectivity index (χ1n) is 20.1. The average molecular weight is 676 g/mol. The molecule has 3 aromatic carbocycles. The van der Waals surface area contributed by atoms with Gasteiger partial charge in [-0.05, 0) is 159 Å². The van der Waals surface area contributed by atoms with Crippen LogP contribution in [0.15, 0.2) is 54.6 Å². The van der Waals surface area contributed by atoms with Gasteiger partial charge < -0.3 is 21.3 Å². The number of amides is 4. The number of carbonyl (C=O) groups excluding carboxylic acids is 2. The number of urea groups is 2. The number of hydrogen-bond donors (Lipinski definition) is 4. The molecule has 0 aromatic heterocycles. The van der Waals surface area contributed by atoms with E-state index in [1.165, 1.54) is 104 Å². The molecule has 0 atom stereocenters. The van der Waals surface area contributed by atoms with Crippen LogP contribution >= 0.6 is 0 Å². The second-order valence-electron chi connectivity index (χ2n) is 17.9. The third kappa shape index (κ3) is 6.71. The number of rotatable bonds is 12. The summed E-state index contributed by atoms with van der Waals surface area (Å²) in [6.07, 6.45) is 17.1. The Morgan fingerprint density at radius 2 is 0.960 bits per heavy atom. The lowest BCUT2D eigenvalue weighted by Crippen LogP contribution is -2.61. The number of benzene rings is 3. The van der Waals surface area contributed by atoms with E-state index in [-0.39, 0.29) is 23.1 Å². The Hall–Kier alpha value is -3.32. The molecule has 8 fully saturated rings. The van der Waals surface area contributed by atoms with Crippen molar-refractivity contribution in [3.05, 3.63) is 60.2 Å². The number of fused-ring (bicyclic) bond motifs is 2. The largest absolute Gasteiger partial charge is 0.338 e. The van der Waals surface area contributed by atoms with Crippen LogP contribution in [-0.2, 0) is 6.54 Å². The quantitative estimate of drug-likeness (QED) is 0.116. The van der Waals surface area contributed by atoms with Crippen LogP contribution < -0.4 is 21.3 Å². The summed E-state index contributed by atoms with van der Waals surface area (Å²) < 4.78 is 0. The molecule has 50 heavy (non-hydrogen) atoms. The van der Waals surface area contributed by atoms with Crippen molar-refractivity contribution in [3.8, 4) is 0 Å². The van der Waals surface area contributed by atoms with Crippen molar-refractivity contribution in [1.29, 1.82) is 0 Å². The van der Waals surface area contributed by atoms with E-state index in [1.807, 2.05) is 0 Å². The SMILES string of the molecule is O=C(NCCCN(CCCNC(=O)NC12CC3CC(CC(C3)C1)C2)Cc1c2ccccc2cc2ccccc12)NC12CC3CC(CC(C3)C1)C2. The molecule has 3 aromatic rings. The van der Waals surface area contributed by atoms with Crippen molar-refractivity contribution in [2.24, 2.45) is 35.5 Å². The number of nitrogens with one attached hydrogen (secondary N) is 4. The lowest BCUT2D eigenvalue weighted by Gasteiger charge is -2.56. The van der Waals surface area contributed by atoms with Gasteiger partial charge in [0.1, 0.15) is 0 Å². The van der Waals surface area contributed by atoms with Gasteiger partial charge in [0.2, 0.25) is 0 Å². The maximum Gasteiger partial charge on any atom is 0.315 e. The van der Waals surface area contributed by atoms with Crippen molar-refractivity contribution in [1.82, 2.24) is 26.2 Å². The van der Waals surface area contributed by atoms with Crippen molar-refractivity contribution < 1.29 is 9.59 Å². The summed E-state index contributed by atoms with van der Waals surface area (Å²) in [6, 6.07) is 19.8. The number of nitrogens with zero attached hydrogens (tertiary/aromatic N) is 1. The van der Waals surface area contributed by atoms with Gasteiger partial charge in [-0.15, -0.1) is 0 Å². The van der Waals surface area contributed by atoms with Crippen LogP contribution in [0.3, 0.4) is 0 Å². The molecule has 11 rings (SSSR count). The van der Waals surface area contributed by atoms with Crippen molar-refractivity contribution >= 4 is 33.6 Å². The molecule has 0 radical (unpaired) electrons. The molecule has 0 spiro atoms. The predicted octanol–water partition coefficient (Wildman–Crippen LogP) is 8.11. The van der Waals surface area contributed by atoms with Gasteiger partial charge in [0, 0.05) is 43.8 Å². The summed E-state index contributed by atoms with van der Waals surface area (Å²) in [7, 11) is 0. The molecule has 0 saturated heterocycles. The second-order valence-corrected chi connectivity index (χ2v) is 17.9. The molecule has 7 nitrogen and oxygen atoms in total. The summed E-state index contributed by atoms with van der Waals surface area (Å²) in [5, 5.41) is 18.6. The highest BCUT2D eigenvalue weighted by molar-refractivity contribution is 6.02. The smallest absolute Gasteiger partial charge is 0.315 e. The maximum atomic E-state index is 13.2. The Morgan fingerprint density at radius 3 is 1.36 bits per heavy atom. The van der Waals surface area contributed by atoms with Crippen molar-refractivity contribution in [2.75, 3.05) is 26.2 Å². The third-order valence-electron chi connectivity index (χ3n) is 14.0. The Kier molecular flexibility index (Phi) is 8.69. The molecular weight excluding hydrogens is 619 g/mol. The zero-order chi connectivity index (χ0) is 33.7. The van der Waals surface area contributed by atoms with Crippen molar-refractivity contribution in [3.63, 3.8) is 0 Å². The summed E-state index contributed by atoms with van der Waals surface area (Å²) in [6.45, 7) is 3.93. The van der Waals surface area contributed by atoms with Crippen LogP contribution in [0, 0.1) is 35.5 Å². The zero-order valence-electron chi connectivity index (χ0n) is 29.9.